The molecule has 0 bridgehead atoms. The highest BCUT2D eigenvalue weighted by molar-refractivity contribution is 7.99. The molecule has 140 valence electrons. The summed E-state index contributed by atoms with van der Waals surface area (Å²) in [5.74, 6) is 0. The van der Waals surface area contributed by atoms with Gasteiger partial charge in [0.2, 0.25) is 0 Å². The first-order chi connectivity index (χ1) is 11.9. The van der Waals surface area contributed by atoms with Crippen molar-refractivity contribution in [1.29, 1.82) is 0 Å². The standard InChI is InChI=1S/C19H30N2O3S/c1-15(20-14-19(2,3)25-4)17-12-21(10-11-23-17)18(22)24-13-16-8-6-5-7-9-16/h5-9,15,17,20H,10-14H2,1-4H3. The van der Waals surface area contributed by atoms with Gasteiger partial charge in [0.25, 0.3) is 0 Å². The lowest BCUT2D eigenvalue weighted by Gasteiger charge is -2.36. The highest BCUT2D eigenvalue weighted by atomic mass is 32.2. The van der Waals surface area contributed by atoms with Gasteiger partial charge in [-0.05, 0) is 32.6 Å². The van der Waals surface area contributed by atoms with Crippen molar-refractivity contribution in [3.63, 3.8) is 0 Å². The summed E-state index contributed by atoms with van der Waals surface area (Å²) in [4.78, 5) is 14.1. The van der Waals surface area contributed by atoms with Crippen LogP contribution in [-0.2, 0) is 16.1 Å². The number of nitrogens with one attached hydrogen (secondary N) is 1. The monoisotopic (exact) mass is 366 g/mol. The molecule has 1 N–H and O–H groups in total. The first-order valence-corrected chi connectivity index (χ1v) is 9.99. The zero-order valence-corrected chi connectivity index (χ0v) is 16.5. The molecule has 2 unspecified atom stereocenters. The predicted octanol–water partition coefficient (Wildman–Crippen LogP) is 3.14. The summed E-state index contributed by atoms with van der Waals surface area (Å²) < 4.78 is 11.5. The Kier molecular flexibility index (Phi) is 7.59. The summed E-state index contributed by atoms with van der Waals surface area (Å²) in [5, 5.41) is 3.54. The van der Waals surface area contributed by atoms with Crippen LogP contribution in [-0.4, -0.2) is 60.4 Å². The molecule has 0 aliphatic carbocycles. The Labute approximate surface area is 155 Å². The molecule has 1 aromatic rings. The molecule has 0 spiro atoms. The van der Waals surface area contributed by atoms with Crippen LogP contribution in [0, 0.1) is 0 Å². The number of hydrogen-bond acceptors (Lipinski definition) is 5. The van der Waals surface area contributed by atoms with E-state index in [0.717, 1.165) is 12.1 Å². The topological polar surface area (TPSA) is 50.8 Å². The van der Waals surface area contributed by atoms with E-state index in [0.29, 0.717) is 26.3 Å². The van der Waals surface area contributed by atoms with Crippen LogP contribution in [0.3, 0.4) is 0 Å². The molecule has 25 heavy (non-hydrogen) atoms. The molecule has 6 heteroatoms. The molecule has 0 saturated carbocycles. The van der Waals surface area contributed by atoms with Gasteiger partial charge in [-0.2, -0.15) is 11.8 Å². The average molecular weight is 367 g/mol. The molecule has 5 nitrogen and oxygen atoms in total. The number of benzene rings is 1. The van der Waals surface area contributed by atoms with Crippen molar-refractivity contribution in [2.45, 2.75) is 44.3 Å². The number of amides is 1. The van der Waals surface area contributed by atoms with Gasteiger partial charge in [0.05, 0.1) is 19.3 Å². The Morgan fingerprint density at radius 1 is 1.44 bits per heavy atom. The minimum atomic E-state index is -0.270. The van der Waals surface area contributed by atoms with E-state index in [2.05, 4.69) is 32.3 Å². The number of hydrogen-bond donors (Lipinski definition) is 1. The molecule has 1 fully saturated rings. The van der Waals surface area contributed by atoms with Gasteiger partial charge < -0.3 is 19.7 Å². The normalized spacial score (nSPS) is 19.5. The van der Waals surface area contributed by atoms with Crippen LogP contribution < -0.4 is 5.32 Å². The number of carbonyl (C=O) groups excluding carboxylic acids is 1. The average Bonchev–Trinajstić information content (AvgIpc) is 2.65. The number of nitrogens with zero attached hydrogens (tertiary/aromatic N) is 1. The van der Waals surface area contributed by atoms with Gasteiger partial charge in [-0.15, -0.1) is 0 Å². The summed E-state index contributed by atoms with van der Waals surface area (Å²) in [6.07, 6.45) is 1.83. The van der Waals surface area contributed by atoms with Crippen LogP contribution in [0.2, 0.25) is 0 Å². The Morgan fingerprint density at radius 3 is 2.84 bits per heavy atom. The number of thioether (sulfide) groups is 1. The van der Waals surface area contributed by atoms with Crippen LogP contribution in [0.4, 0.5) is 4.79 Å². The lowest BCUT2D eigenvalue weighted by molar-refractivity contribution is -0.0418. The number of carbonyl (C=O) groups is 1. The first kappa shape index (κ1) is 20.1. The molecule has 2 atom stereocenters. The third-order valence-electron chi connectivity index (χ3n) is 4.52. The summed E-state index contributed by atoms with van der Waals surface area (Å²) in [6, 6.07) is 9.92. The fraction of sp³-hybridized carbons (Fsp3) is 0.632. The summed E-state index contributed by atoms with van der Waals surface area (Å²) in [5.41, 5.74) is 0.995. The van der Waals surface area contributed by atoms with Gasteiger partial charge in [0.1, 0.15) is 6.61 Å². The van der Waals surface area contributed by atoms with Crippen molar-refractivity contribution >= 4 is 17.9 Å². The lowest BCUT2D eigenvalue weighted by atomic mass is 10.1. The molecule has 1 aliphatic heterocycles. The van der Waals surface area contributed by atoms with E-state index in [4.69, 9.17) is 9.47 Å². The molecule has 1 amide bonds. The smallest absolute Gasteiger partial charge is 0.410 e. The second-order valence-electron chi connectivity index (χ2n) is 7.03. The van der Waals surface area contributed by atoms with Crippen molar-refractivity contribution in [1.82, 2.24) is 10.2 Å². The zero-order chi connectivity index (χ0) is 18.3. The summed E-state index contributed by atoms with van der Waals surface area (Å²) >= 11 is 1.84. The largest absolute Gasteiger partial charge is 0.445 e. The second-order valence-corrected chi connectivity index (χ2v) is 8.54. The second kappa shape index (κ2) is 9.46. The molecule has 1 heterocycles. The highest BCUT2D eigenvalue weighted by Crippen LogP contribution is 2.20. The maximum atomic E-state index is 12.3. The minimum absolute atomic E-state index is 0.0179. The van der Waals surface area contributed by atoms with Gasteiger partial charge >= 0.3 is 6.09 Å². The molecule has 1 aromatic carbocycles. The van der Waals surface area contributed by atoms with Crippen molar-refractivity contribution in [3.8, 4) is 0 Å². The van der Waals surface area contributed by atoms with Crippen LogP contribution in [0.5, 0.6) is 0 Å². The molecule has 0 aromatic heterocycles. The maximum absolute atomic E-state index is 12.3. The third-order valence-corrected chi connectivity index (χ3v) is 5.77. The van der Waals surface area contributed by atoms with Crippen LogP contribution in [0.15, 0.2) is 30.3 Å². The summed E-state index contributed by atoms with van der Waals surface area (Å²) in [7, 11) is 0. The Morgan fingerprint density at radius 2 is 2.16 bits per heavy atom. The van der Waals surface area contributed by atoms with Gasteiger partial charge in [-0.3, -0.25) is 0 Å². The quantitative estimate of drug-likeness (QED) is 0.803. The minimum Gasteiger partial charge on any atom is -0.445 e. The van der Waals surface area contributed by atoms with Crippen LogP contribution >= 0.6 is 11.8 Å². The molecule has 1 saturated heterocycles. The van der Waals surface area contributed by atoms with Crippen molar-refractivity contribution < 1.29 is 14.3 Å². The van der Waals surface area contributed by atoms with Crippen molar-refractivity contribution in [2.24, 2.45) is 0 Å². The van der Waals surface area contributed by atoms with E-state index in [1.54, 1.807) is 4.90 Å². The van der Waals surface area contributed by atoms with E-state index in [1.165, 1.54) is 0 Å². The number of morpholine rings is 1. The van der Waals surface area contributed by atoms with Gasteiger partial charge in [-0.1, -0.05) is 30.3 Å². The Balaban J connectivity index is 1.80. The molecule has 2 rings (SSSR count). The first-order valence-electron chi connectivity index (χ1n) is 8.77. The molecular weight excluding hydrogens is 336 g/mol. The van der Waals surface area contributed by atoms with Gasteiger partial charge in [0.15, 0.2) is 0 Å². The highest BCUT2D eigenvalue weighted by Gasteiger charge is 2.29. The van der Waals surface area contributed by atoms with Gasteiger partial charge in [-0.25, -0.2) is 4.79 Å². The number of rotatable bonds is 7. The van der Waals surface area contributed by atoms with E-state index < -0.39 is 0 Å². The molecule has 1 aliphatic rings. The fourth-order valence-corrected chi connectivity index (χ4v) is 2.79. The van der Waals surface area contributed by atoms with E-state index in [-0.39, 0.29) is 23.0 Å². The number of ether oxygens (including phenoxy) is 2. The Bertz CT molecular complexity index is 539. The van der Waals surface area contributed by atoms with Crippen LogP contribution in [0.1, 0.15) is 26.3 Å². The van der Waals surface area contributed by atoms with Crippen molar-refractivity contribution in [2.75, 3.05) is 32.5 Å². The Hall–Kier alpha value is -1.24. The van der Waals surface area contributed by atoms with Crippen LogP contribution in [0.25, 0.3) is 0 Å². The van der Waals surface area contributed by atoms with Crippen molar-refractivity contribution in [3.05, 3.63) is 35.9 Å². The zero-order valence-electron chi connectivity index (χ0n) is 15.7. The SMILES string of the molecule is CSC(C)(C)CNC(C)C1CN(C(=O)OCc2ccccc2)CCO1. The van der Waals surface area contributed by atoms with E-state index in [1.807, 2.05) is 42.1 Å². The lowest BCUT2D eigenvalue weighted by Crippen LogP contribution is -2.54. The van der Waals surface area contributed by atoms with Gasteiger partial charge in [0, 0.05) is 23.9 Å². The fourth-order valence-electron chi connectivity index (χ4n) is 2.56. The third kappa shape index (κ3) is 6.53. The van der Waals surface area contributed by atoms with E-state index >= 15 is 0 Å². The molecular formula is C19H30N2O3S. The maximum Gasteiger partial charge on any atom is 0.410 e. The molecule has 0 radical (unpaired) electrons. The summed E-state index contributed by atoms with van der Waals surface area (Å²) in [6.45, 7) is 9.42. The van der Waals surface area contributed by atoms with E-state index in [9.17, 15) is 4.79 Å². The predicted molar refractivity (Wildman–Crippen MR) is 103 cm³/mol.